The quantitative estimate of drug-likeness (QED) is 0.362. The van der Waals surface area contributed by atoms with Crippen LogP contribution in [0.3, 0.4) is 0 Å². The molecule has 5 atom stereocenters. The first kappa shape index (κ1) is 9.88. The van der Waals surface area contributed by atoms with Crippen molar-refractivity contribution in [3.8, 4) is 0 Å². The van der Waals surface area contributed by atoms with Crippen molar-refractivity contribution in [2.75, 3.05) is 6.54 Å². The van der Waals surface area contributed by atoms with Crippen molar-refractivity contribution < 1.29 is 14.9 Å². The zero-order valence-electron chi connectivity index (χ0n) is 7.05. The van der Waals surface area contributed by atoms with Crippen LogP contribution in [0.2, 0.25) is 0 Å². The third kappa shape index (κ3) is 1.60. The lowest BCUT2D eigenvalue weighted by Gasteiger charge is -2.39. The normalized spacial score (nSPS) is 49.2. The zero-order valence-corrected chi connectivity index (χ0v) is 7.05. The highest BCUT2D eigenvalue weighted by molar-refractivity contribution is 4.93. The molecule has 0 aromatic carbocycles. The number of aliphatic hydroxyl groups excluding tert-OH is 2. The van der Waals surface area contributed by atoms with Crippen LogP contribution < -0.4 is 11.5 Å². The zero-order chi connectivity index (χ0) is 9.30. The number of hydrogen-bond acceptors (Lipinski definition) is 5. The van der Waals surface area contributed by atoms with Gasteiger partial charge in [0, 0.05) is 6.54 Å². The van der Waals surface area contributed by atoms with E-state index in [9.17, 15) is 10.2 Å². The van der Waals surface area contributed by atoms with Crippen LogP contribution in [0.4, 0.5) is 0 Å². The van der Waals surface area contributed by atoms with Crippen LogP contribution in [-0.2, 0) is 4.74 Å². The van der Waals surface area contributed by atoms with E-state index in [4.69, 9.17) is 16.2 Å². The first-order valence-electron chi connectivity index (χ1n) is 4.05. The average Bonchev–Trinajstić information content (AvgIpc) is 2.08. The number of nitrogens with two attached hydrogens (primary N) is 2. The third-order valence-electron chi connectivity index (χ3n) is 2.28. The molecule has 1 heterocycles. The summed E-state index contributed by atoms with van der Waals surface area (Å²) < 4.78 is 5.27. The summed E-state index contributed by atoms with van der Waals surface area (Å²) in [6.07, 6.45) is -2.63. The summed E-state index contributed by atoms with van der Waals surface area (Å²) in [5.74, 6) is 0. The van der Waals surface area contributed by atoms with E-state index in [1.165, 1.54) is 0 Å². The second-order valence-electron chi connectivity index (χ2n) is 3.17. The Morgan fingerprint density at radius 2 is 1.92 bits per heavy atom. The molecular formula is C7H16N2O3. The standard InChI is InChI=1S/C7H16N2O3/c1-3-6(10)7(11)5(9)4(2-8)12-3/h3-7,10-11H,2,8-9H2,1H3/t3-,4-,5-,6+,7+/m1/s1. The first-order valence-corrected chi connectivity index (χ1v) is 4.05. The van der Waals surface area contributed by atoms with Gasteiger partial charge in [0.1, 0.15) is 12.2 Å². The Bertz CT molecular complexity index is 151. The SMILES string of the molecule is C[C@H]1O[C@H](CN)[C@@H](N)[C@H](O)[C@H]1O. The molecular weight excluding hydrogens is 160 g/mol. The maximum Gasteiger partial charge on any atom is 0.107 e. The van der Waals surface area contributed by atoms with Crippen molar-refractivity contribution in [2.45, 2.75) is 37.4 Å². The van der Waals surface area contributed by atoms with E-state index < -0.39 is 24.4 Å². The lowest BCUT2D eigenvalue weighted by molar-refractivity contribution is -0.168. The van der Waals surface area contributed by atoms with E-state index in [-0.39, 0.29) is 12.6 Å². The van der Waals surface area contributed by atoms with Gasteiger partial charge in [-0.1, -0.05) is 0 Å². The molecule has 5 nitrogen and oxygen atoms in total. The molecule has 0 unspecified atom stereocenters. The Morgan fingerprint density at radius 3 is 2.42 bits per heavy atom. The number of ether oxygens (including phenoxy) is 1. The summed E-state index contributed by atoms with van der Waals surface area (Å²) in [6.45, 7) is 1.94. The van der Waals surface area contributed by atoms with Crippen molar-refractivity contribution in [3.05, 3.63) is 0 Å². The molecule has 0 aliphatic carbocycles. The summed E-state index contributed by atoms with van der Waals surface area (Å²) in [6, 6.07) is -0.596. The maximum absolute atomic E-state index is 9.41. The smallest absolute Gasteiger partial charge is 0.107 e. The molecule has 72 valence electrons. The summed E-state index contributed by atoms with van der Waals surface area (Å²) in [5.41, 5.74) is 10.9. The van der Waals surface area contributed by atoms with Crippen molar-refractivity contribution >= 4 is 0 Å². The van der Waals surface area contributed by atoms with E-state index in [1.807, 2.05) is 0 Å². The van der Waals surface area contributed by atoms with Crippen molar-refractivity contribution in [1.82, 2.24) is 0 Å². The van der Waals surface area contributed by atoms with Gasteiger partial charge < -0.3 is 26.4 Å². The fraction of sp³-hybridized carbons (Fsp3) is 1.00. The predicted molar refractivity (Wildman–Crippen MR) is 43.4 cm³/mol. The fourth-order valence-corrected chi connectivity index (χ4v) is 1.38. The molecule has 0 amide bonds. The Labute approximate surface area is 71.3 Å². The van der Waals surface area contributed by atoms with Crippen LogP contribution in [0.1, 0.15) is 6.92 Å². The van der Waals surface area contributed by atoms with Gasteiger partial charge in [-0.2, -0.15) is 0 Å². The highest BCUT2D eigenvalue weighted by atomic mass is 16.5. The maximum atomic E-state index is 9.41. The highest BCUT2D eigenvalue weighted by Crippen LogP contribution is 2.18. The number of rotatable bonds is 1. The molecule has 1 saturated heterocycles. The van der Waals surface area contributed by atoms with Gasteiger partial charge in [0.25, 0.3) is 0 Å². The largest absolute Gasteiger partial charge is 0.389 e. The summed E-state index contributed by atoms with van der Waals surface area (Å²) in [7, 11) is 0. The number of hydrogen-bond donors (Lipinski definition) is 4. The van der Waals surface area contributed by atoms with E-state index in [2.05, 4.69) is 0 Å². The van der Waals surface area contributed by atoms with Crippen LogP contribution >= 0.6 is 0 Å². The number of aliphatic hydroxyl groups is 2. The van der Waals surface area contributed by atoms with Gasteiger partial charge in [0.05, 0.1) is 18.2 Å². The minimum atomic E-state index is -0.942. The predicted octanol–water partition coefficient (Wildman–Crippen LogP) is -2.22. The van der Waals surface area contributed by atoms with Crippen LogP contribution in [0.15, 0.2) is 0 Å². The van der Waals surface area contributed by atoms with Crippen LogP contribution in [-0.4, -0.2) is 47.2 Å². The molecule has 0 saturated carbocycles. The van der Waals surface area contributed by atoms with Crippen molar-refractivity contribution in [3.63, 3.8) is 0 Å². The van der Waals surface area contributed by atoms with Gasteiger partial charge in [-0.3, -0.25) is 0 Å². The van der Waals surface area contributed by atoms with Crippen LogP contribution in [0, 0.1) is 0 Å². The highest BCUT2D eigenvalue weighted by Gasteiger charge is 2.39. The van der Waals surface area contributed by atoms with Gasteiger partial charge in [0.15, 0.2) is 0 Å². The Balaban J connectivity index is 2.63. The minimum Gasteiger partial charge on any atom is -0.389 e. The Hall–Kier alpha value is -0.200. The first-order chi connectivity index (χ1) is 5.57. The summed E-state index contributed by atoms with van der Waals surface area (Å²) in [4.78, 5) is 0. The summed E-state index contributed by atoms with van der Waals surface area (Å²) >= 11 is 0. The molecule has 0 aromatic heterocycles. The van der Waals surface area contributed by atoms with Gasteiger partial charge in [-0.25, -0.2) is 0 Å². The average molecular weight is 176 g/mol. The molecule has 1 rings (SSSR count). The van der Waals surface area contributed by atoms with E-state index in [1.54, 1.807) is 6.92 Å². The molecule has 0 radical (unpaired) electrons. The second kappa shape index (κ2) is 3.68. The topological polar surface area (TPSA) is 102 Å². The monoisotopic (exact) mass is 176 g/mol. The molecule has 0 spiro atoms. The lowest BCUT2D eigenvalue weighted by Crippen LogP contribution is -2.62. The van der Waals surface area contributed by atoms with Crippen molar-refractivity contribution in [1.29, 1.82) is 0 Å². The van der Waals surface area contributed by atoms with E-state index in [0.29, 0.717) is 0 Å². The second-order valence-corrected chi connectivity index (χ2v) is 3.17. The van der Waals surface area contributed by atoms with Crippen molar-refractivity contribution in [2.24, 2.45) is 11.5 Å². The van der Waals surface area contributed by atoms with E-state index in [0.717, 1.165) is 0 Å². The third-order valence-corrected chi connectivity index (χ3v) is 2.28. The molecule has 0 aromatic rings. The molecule has 1 aliphatic rings. The van der Waals surface area contributed by atoms with Gasteiger partial charge in [-0.05, 0) is 6.92 Å². The molecule has 5 heteroatoms. The molecule has 1 fully saturated rings. The van der Waals surface area contributed by atoms with Gasteiger partial charge in [0.2, 0.25) is 0 Å². The molecule has 1 aliphatic heterocycles. The van der Waals surface area contributed by atoms with Gasteiger partial charge >= 0.3 is 0 Å². The molecule has 0 bridgehead atoms. The van der Waals surface area contributed by atoms with E-state index >= 15 is 0 Å². The summed E-state index contributed by atoms with van der Waals surface area (Å²) in [5, 5.41) is 18.7. The fourth-order valence-electron chi connectivity index (χ4n) is 1.38. The minimum absolute atomic E-state index is 0.259. The van der Waals surface area contributed by atoms with Crippen LogP contribution in [0.5, 0.6) is 0 Å². The van der Waals surface area contributed by atoms with Gasteiger partial charge in [-0.15, -0.1) is 0 Å². The Kier molecular flexibility index (Phi) is 3.03. The Morgan fingerprint density at radius 1 is 1.33 bits per heavy atom. The molecule has 12 heavy (non-hydrogen) atoms. The molecule has 6 N–H and O–H groups in total. The lowest BCUT2D eigenvalue weighted by atomic mass is 9.94. The van der Waals surface area contributed by atoms with Crippen LogP contribution in [0.25, 0.3) is 0 Å².